The molecule has 0 fully saturated rings. The molecule has 4 nitrogen and oxygen atoms in total. The quantitative estimate of drug-likeness (QED) is 0.455. The van der Waals surface area contributed by atoms with Crippen molar-refractivity contribution in [3.63, 3.8) is 0 Å². The minimum absolute atomic E-state index is 0.247. The summed E-state index contributed by atoms with van der Waals surface area (Å²) in [6, 6.07) is 21.7. The Balaban J connectivity index is 1.55. The van der Waals surface area contributed by atoms with Gasteiger partial charge in [-0.3, -0.25) is 0 Å². The Bertz CT molecular complexity index is 1050. The predicted octanol–water partition coefficient (Wildman–Crippen LogP) is 5.53. The number of rotatable bonds is 3. The van der Waals surface area contributed by atoms with Crippen LogP contribution in [0.5, 0.6) is 0 Å². The van der Waals surface area contributed by atoms with E-state index in [0.29, 0.717) is 0 Å². The number of carbonyl (C=O) groups excluding carboxylic acids is 1. The molecule has 1 aromatic heterocycles. The first kappa shape index (κ1) is 15.3. The number of H-pyrrole nitrogens is 1. The van der Waals surface area contributed by atoms with Crippen molar-refractivity contribution < 1.29 is 4.79 Å². The van der Waals surface area contributed by atoms with Crippen molar-refractivity contribution in [3.05, 3.63) is 72.3 Å². The van der Waals surface area contributed by atoms with Gasteiger partial charge in [-0.15, -0.1) is 0 Å². The van der Waals surface area contributed by atoms with Crippen LogP contribution in [0.2, 0.25) is 0 Å². The zero-order valence-electron chi connectivity index (χ0n) is 14.0. The minimum atomic E-state index is -0.247. The number of hydrogen-bond acceptors (Lipinski definition) is 1. The first-order valence-corrected chi connectivity index (χ1v) is 8.40. The van der Waals surface area contributed by atoms with E-state index in [1.165, 1.54) is 5.56 Å². The average Bonchev–Trinajstić information content (AvgIpc) is 3.00. The first-order chi connectivity index (χ1) is 12.2. The number of aryl methyl sites for hydroxylation is 1. The van der Waals surface area contributed by atoms with E-state index in [9.17, 15) is 4.79 Å². The third-order valence-electron chi connectivity index (χ3n) is 4.38. The van der Waals surface area contributed by atoms with Gasteiger partial charge < -0.3 is 15.6 Å². The maximum Gasteiger partial charge on any atom is 0.323 e. The van der Waals surface area contributed by atoms with Crippen molar-refractivity contribution in [2.24, 2.45) is 0 Å². The van der Waals surface area contributed by atoms with Crippen LogP contribution in [0, 0.1) is 0 Å². The van der Waals surface area contributed by atoms with Crippen molar-refractivity contribution in [2.45, 2.75) is 13.3 Å². The summed E-state index contributed by atoms with van der Waals surface area (Å²) in [6.45, 7) is 2.11. The fraction of sp³-hybridized carbons (Fsp3) is 0.0952. The molecule has 0 aliphatic heterocycles. The van der Waals surface area contributed by atoms with Crippen LogP contribution in [-0.4, -0.2) is 11.0 Å². The molecule has 0 radical (unpaired) electrons. The standard InChI is InChI=1S/C21H19N3O/c1-2-14-7-9-15(10-8-14)22-21(25)23-16-11-12-20-18(13-16)17-5-3-4-6-19(17)24-20/h3-13,24H,2H2,1H3,(H2,22,23,25). The summed E-state index contributed by atoms with van der Waals surface area (Å²) in [4.78, 5) is 15.6. The van der Waals surface area contributed by atoms with Gasteiger partial charge in [-0.25, -0.2) is 4.79 Å². The zero-order chi connectivity index (χ0) is 17.2. The van der Waals surface area contributed by atoms with Crippen molar-refractivity contribution >= 4 is 39.2 Å². The summed E-state index contributed by atoms with van der Waals surface area (Å²) in [5.41, 5.74) is 4.94. The van der Waals surface area contributed by atoms with Crippen LogP contribution in [0.4, 0.5) is 16.2 Å². The number of aromatic amines is 1. The normalized spacial score (nSPS) is 10.9. The smallest absolute Gasteiger partial charge is 0.323 e. The first-order valence-electron chi connectivity index (χ1n) is 8.40. The highest BCUT2D eigenvalue weighted by molar-refractivity contribution is 6.09. The highest BCUT2D eigenvalue weighted by Gasteiger charge is 2.07. The molecule has 0 aliphatic rings. The summed E-state index contributed by atoms with van der Waals surface area (Å²) in [7, 11) is 0. The van der Waals surface area contributed by atoms with E-state index < -0.39 is 0 Å². The summed E-state index contributed by atoms with van der Waals surface area (Å²) < 4.78 is 0. The molecule has 4 aromatic rings. The van der Waals surface area contributed by atoms with Gasteiger partial charge in [-0.1, -0.05) is 37.3 Å². The van der Waals surface area contributed by atoms with Gasteiger partial charge in [-0.05, 0) is 48.4 Å². The number of amides is 2. The van der Waals surface area contributed by atoms with Crippen molar-refractivity contribution in [1.82, 2.24) is 4.98 Å². The Morgan fingerprint density at radius 3 is 2.32 bits per heavy atom. The number of urea groups is 1. The molecule has 25 heavy (non-hydrogen) atoms. The van der Waals surface area contributed by atoms with Gasteiger partial charge in [0.25, 0.3) is 0 Å². The molecule has 124 valence electrons. The molecule has 0 unspecified atom stereocenters. The maximum atomic E-state index is 12.2. The van der Waals surface area contributed by atoms with Gasteiger partial charge in [0.1, 0.15) is 0 Å². The number of anilines is 2. The fourth-order valence-corrected chi connectivity index (χ4v) is 3.04. The van der Waals surface area contributed by atoms with E-state index in [2.05, 4.69) is 34.7 Å². The minimum Gasteiger partial charge on any atom is -0.355 e. The molecule has 0 atom stereocenters. The molecule has 2 amide bonds. The van der Waals surface area contributed by atoms with Crippen LogP contribution >= 0.6 is 0 Å². The molecule has 3 N–H and O–H groups in total. The number of carbonyl (C=O) groups is 1. The van der Waals surface area contributed by atoms with Crippen LogP contribution in [0.3, 0.4) is 0 Å². The van der Waals surface area contributed by atoms with Crippen LogP contribution in [0.1, 0.15) is 12.5 Å². The van der Waals surface area contributed by atoms with Gasteiger partial charge >= 0.3 is 6.03 Å². The SMILES string of the molecule is CCc1ccc(NC(=O)Nc2ccc3[nH]c4ccccc4c3c2)cc1. The molecule has 0 spiro atoms. The third-order valence-corrected chi connectivity index (χ3v) is 4.38. The molecule has 0 saturated carbocycles. The van der Waals surface area contributed by atoms with Crippen molar-refractivity contribution in [1.29, 1.82) is 0 Å². The number of aromatic nitrogens is 1. The van der Waals surface area contributed by atoms with Gasteiger partial charge in [0.05, 0.1) is 0 Å². The average molecular weight is 329 g/mol. The van der Waals surface area contributed by atoms with E-state index in [4.69, 9.17) is 0 Å². The molecule has 3 aromatic carbocycles. The van der Waals surface area contributed by atoms with Crippen molar-refractivity contribution in [2.75, 3.05) is 10.6 Å². The number of nitrogens with one attached hydrogen (secondary N) is 3. The van der Waals surface area contributed by atoms with E-state index in [-0.39, 0.29) is 6.03 Å². The third kappa shape index (κ3) is 3.06. The number of fused-ring (bicyclic) bond motifs is 3. The lowest BCUT2D eigenvalue weighted by atomic mass is 10.1. The summed E-state index contributed by atoms with van der Waals surface area (Å²) in [6.07, 6.45) is 0.983. The van der Waals surface area contributed by atoms with Gasteiger partial charge in [-0.2, -0.15) is 0 Å². The van der Waals surface area contributed by atoms with Gasteiger partial charge in [0.2, 0.25) is 0 Å². The number of benzene rings is 3. The Labute approximate surface area is 145 Å². The molecule has 0 bridgehead atoms. The monoisotopic (exact) mass is 329 g/mol. The highest BCUT2D eigenvalue weighted by Crippen LogP contribution is 2.27. The molecule has 0 saturated heterocycles. The number of hydrogen-bond donors (Lipinski definition) is 3. The topological polar surface area (TPSA) is 56.9 Å². The lowest BCUT2D eigenvalue weighted by Gasteiger charge is -2.08. The second-order valence-corrected chi connectivity index (χ2v) is 6.06. The lowest BCUT2D eigenvalue weighted by molar-refractivity contribution is 0.262. The molecular formula is C21H19N3O. The van der Waals surface area contributed by atoms with Gasteiger partial charge in [0, 0.05) is 33.2 Å². The van der Waals surface area contributed by atoms with E-state index >= 15 is 0 Å². The Hall–Kier alpha value is -3.27. The maximum absolute atomic E-state index is 12.2. The number of para-hydroxylation sites is 1. The van der Waals surface area contributed by atoms with E-state index in [0.717, 1.165) is 39.6 Å². The van der Waals surface area contributed by atoms with Crippen LogP contribution in [0.25, 0.3) is 21.8 Å². The molecular weight excluding hydrogens is 310 g/mol. The summed E-state index contributed by atoms with van der Waals surface area (Å²) in [5, 5.41) is 8.01. The Morgan fingerprint density at radius 2 is 1.52 bits per heavy atom. The van der Waals surface area contributed by atoms with Crippen LogP contribution < -0.4 is 10.6 Å². The highest BCUT2D eigenvalue weighted by atomic mass is 16.2. The molecule has 4 rings (SSSR count). The second-order valence-electron chi connectivity index (χ2n) is 6.06. The van der Waals surface area contributed by atoms with Gasteiger partial charge in [0.15, 0.2) is 0 Å². The molecule has 0 aliphatic carbocycles. The summed E-state index contributed by atoms with van der Waals surface area (Å²) >= 11 is 0. The molecule has 4 heteroatoms. The van der Waals surface area contributed by atoms with Crippen LogP contribution in [0.15, 0.2) is 66.7 Å². The fourth-order valence-electron chi connectivity index (χ4n) is 3.04. The second kappa shape index (κ2) is 6.32. The lowest BCUT2D eigenvalue weighted by Crippen LogP contribution is -2.19. The van der Waals surface area contributed by atoms with Crippen LogP contribution in [-0.2, 0) is 6.42 Å². The zero-order valence-corrected chi connectivity index (χ0v) is 14.0. The van der Waals surface area contributed by atoms with E-state index in [1.54, 1.807) is 0 Å². The van der Waals surface area contributed by atoms with E-state index in [1.807, 2.05) is 54.6 Å². The Kier molecular flexibility index (Phi) is 3.86. The largest absolute Gasteiger partial charge is 0.355 e. The Morgan fingerprint density at radius 1 is 0.840 bits per heavy atom. The van der Waals surface area contributed by atoms with Crippen molar-refractivity contribution in [3.8, 4) is 0 Å². The molecule has 1 heterocycles. The summed E-state index contributed by atoms with van der Waals surface area (Å²) in [5.74, 6) is 0. The predicted molar refractivity (Wildman–Crippen MR) is 104 cm³/mol.